The van der Waals surface area contributed by atoms with Gasteiger partial charge in [-0.2, -0.15) is 36.5 Å². The first-order valence-electron chi connectivity index (χ1n) is 29.2. The fourth-order valence-electron chi connectivity index (χ4n) is 12.7. The summed E-state index contributed by atoms with van der Waals surface area (Å²) in [6, 6.07) is 28.4. The van der Waals surface area contributed by atoms with Gasteiger partial charge in [-0.25, -0.2) is 9.03 Å². The molecular weight excluding hydrogens is 1310 g/mol. The number of carbonyl (C=O) groups is 2. The van der Waals surface area contributed by atoms with E-state index in [1.54, 1.807) is 61.6 Å². The van der Waals surface area contributed by atoms with E-state index in [-0.39, 0.29) is 57.1 Å². The summed E-state index contributed by atoms with van der Waals surface area (Å²) in [7, 11) is 1.83. The Morgan fingerprint density at radius 1 is 0.593 bits per heavy atom. The van der Waals surface area contributed by atoms with Gasteiger partial charge in [0, 0.05) is 79.0 Å². The Kier molecular flexibility index (Phi) is 14.7. The van der Waals surface area contributed by atoms with Crippen LogP contribution in [0.1, 0.15) is 103 Å². The van der Waals surface area contributed by atoms with E-state index in [1.165, 1.54) is 34.1 Å². The van der Waals surface area contributed by atoms with Crippen molar-refractivity contribution in [2.75, 3.05) is 0 Å². The minimum Gasteiger partial charge on any atom is -0.330 e. The molecule has 0 radical (unpaired) electrons. The van der Waals surface area contributed by atoms with Crippen LogP contribution in [0.15, 0.2) is 153 Å². The lowest BCUT2D eigenvalue weighted by Crippen LogP contribution is -2.46. The van der Waals surface area contributed by atoms with Gasteiger partial charge in [0.1, 0.15) is 23.9 Å². The van der Waals surface area contributed by atoms with Crippen molar-refractivity contribution in [2.24, 2.45) is 13.0 Å². The number of amides is 2. The average molecular weight is 1370 g/mol. The highest BCUT2D eigenvalue weighted by molar-refractivity contribution is 9.10. The second-order valence-corrected chi connectivity index (χ2v) is 25.3. The topological polar surface area (TPSA) is 181 Å². The summed E-state index contributed by atoms with van der Waals surface area (Å²) in [4.78, 5) is 61.3. The monoisotopic (exact) mass is 1360 g/mol. The predicted molar refractivity (Wildman–Crippen MR) is 330 cm³/mol. The number of hydrogen-bond donors (Lipinski definition) is 0. The average Bonchev–Trinajstić information content (AvgIpc) is 1.71. The largest absolute Gasteiger partial charge is 0.417 e. The fourth-order valence-corrected chi connectivity index (χ4v) is 13.6. The van der Waals surface area contributed by atoms with Crippen molar-refractivity contribution in [3.63, 3.8) is 0 Å². The number of carbonyl (C=O) groups excluding carboxylic acids is 2. The van der Waals surface area contributed by atoms with Crippen LogP contribution in [0.2, 0.25) is 0 Å². The number of fused-ring (bicyclic) bond motifs is 6. The number of alkyl halides is 6. The van der Waals surface area contributed by atoms with E-state index in [9.17, 15) is 40.7 Å². The predicted octanol–water partition coefficient (Wildman–Crippen LogP) is 11.7. The van der Waals surface area contributed by atoms with Crippen LogP contribution in [-0.2, 0) is 64.7 Å². The molecule has 11 aromatic rings. The maximum atomic E-state index is 15.1. The first-order chi connectivity index (χ1) is 43.6. The highest BCUT2D eigenvalue weighted by Crippen LogP contribution is 2.40. The van der Waals surface area contributed by atoms with Gasteiger partial charge in [-0.05, 0) is 148 Å². The van der Waals surface area contributed by atoms with Crippen LogP contribution in [0.4, 0.5) is 26.3 Å². The molecule has 5 aromatic carbocycles. The van der Waals surface area contributed by atoms with Gasteiger partial charge in [0.2, 0.25) is 0 Å². The van der Waals surface area contributed by atoms with Crippen molar-refractivity contribution in [2.45, 2.75) is 96.4 Å². The molecule has 1 aliphatic carbocycles. The molecule has 3 aliphatic rings. The van der Waals surface area contributed by atoms with Crippen LogP contribution in [0.5, 0.6) is 0 Å². The molecule has 2 atom stereocenters. The number of benzene rings is 5. The summed E-state index contributed by atoms with van der Waals surface area (Å²) in [6.45, 7) is 3.74. The standard InChI is InChI=1S/C65H52Br2F6N14O4/c1-35-21-48-54(31-82(35)60(88)42-13-19-52(66)50(26-42)64(68,69)70)86-58(44(28-76-86)24-37-7-8-37)84(62(48)90)47-17-11-41(12-18-47)57-79-75-34-81(57)30-39-6-4-5-38(23-39)25-45-29-77-87-55-32-83(61(89)43-14-20-53(67)51(27-43)65(71,72)73)36(2)22-49(55)63(91)85(59(45)87)46-15-9-40(10-16-46)56-78-74-33-80(56)3/h4-6,9-20,23,26-29,33-37H,7-8,21-22,24-25,30-32H2,1-3H3/t35-,36-/m1/s1. The minimum atomic E-state index is -4.71. The summed E-state index contributed by atoms with van der Waals surface area (Å²) in [5.74, 6) is 0.381. The molecule has 26 heteroatoms. The van der Waals surface area contributed by atoms with Gasteiger partial charge < -0.3 is 18.9 Å². The molecule has 6 aromatic heterocycles. The first kappa shape index (κ1) is 59.3. The Labute approximate surface area is 530 Å². The molecule has 0 N–H and O–H groups in total. The van der Waals surface area contributed by atoms with E-state index in [0.717, 1.165) is 47.2 Å². The van der Waals surface area contributed by atoms with Gasteiger partial charge in [-0.3, -0.25) is 28.3 Å². The van der Waals surface area contributed by atoms with Crippen LogP contribution in [0.25, 0.3) is 45.4 Å². The summed E-state index contributed by atoms with van der Waals surface area (Å²) in [6.07, 6.45) is 0.590. The molecule has 0 spiro atoms. The maximum absolute atomic E-state index is 15.1. The minimum absolute atomic E-state index is 0.0470. The molecule has 91 heavy (non-hydrogen) atoms. The smallest absolute Gasteiger partial charge is 0.330 e. The quantitative estimate of drug-likeness (QED) is 0.107. The molecular formula is C65H52Br2F6N14O4. The number of nitrogens with zero attached hydrogens (tertiary/aromatic N) is 14. The number of hydrogen-bond acceptors (Lipinski definition) is 10. The lowest BCUT2D eigenvalue weighted by Gasteiger charge is -2.35. The van der Waals surface area contributed by atoms with Crippen LogP contribution in [0, 0.1) is 5.92 Å². The molecule has 1 saturated carbocycles. The molecule has 2 aliphatic heterocycles. The zero-order valence-corrected chi connectivity index (χ0v) is 51.9. The zero-order valence-electron chi connectivity index (χ0n) is 48.7. The van der Waals surface area contributed by atoms with Crippen LogP contribution < -0.4 is 11.1 Å². The molecule has 2 amide bonds. The number of halogens is 8. The lowest BCUT2D eigenvalue weighted by atomic mass is 9.97. The Balaban J connectivity index is 0.763. The van der Waals surface area contributed by atoms with Gasteiger partial charge in [-0.1, -0.05) is 56.1 Å². The Morgan fingerprint density at radius 2 is 1.08 bits per heavy atom. The van der Waals surface area contributed by atoms with E-state index < -0.39 is 47.4 Å². The van der Waals surface area contributed by atoms with Crippen LogP contribution in [-0.4, -0.2) is 91.6 Å². The SMILES string of the molecule is C[C@@H]1Cc2c(n3ncc(Cc4cccc(Cn5cnnc5-c5ccc(-n6c(=O)c7c(n8ncc(CC9CC9)c68)CN(C(=O)c6ccc(Br)c(C(F)(F)F)c6)[C@H](C)C7)cc5)c4)c3n(-c3ccc(-c4nncn4C)cc3)c2=O)CN1C(=O)c1ccc(Br)c(C(F)(F)F)c1. The number of aromatic nitrogens is 12. The van der Waals surface area contributed by atoms with Crippen LogP contribution >= 0.6 is 31.9 Å². The highest BCUT2D eigenvalue weighted by atomic mass is 79.9. The molecule has 14 rings (SSSR count). The molecule has 8 heterocycles. The van der Waals surface area contributed by atoms with Crippen molar-refractivity contribution in [1.29, 1.82) is 0 Å². The second kappa shape index (κ2) is 22.6. The van der Waals surface area contributed by atoms with Crippen molar-refractivity contribution < 1.29 is 35.9 Å². The summed E-state index contributed by atoms with van der Waals surface area (Å²) < 4.78 is 94.0. The molecule has 1 fully saturated rings. The molecule has 0 saturated heterocycles. The van der Waals surface area contributed by atoms with E-state index in [1.807, 2.05) is 84.4 Å². The molecule has 0 bridgehead atoms. The second-order valence-electron chi connectivity index (χ2n) is 23.6. The van der Waals surface area contributed by atoms with Crippen molar-refractivity contribution >= 4 is 55.0 Å². The first-order valence-corrected chi connectivity index (χ1v) is 30.8. The third-order valence-electron chi connectivity index (χ3n) is 17.5. The Hall–Kier alpha value is -9.30. The van der Waals surface area contributed by atoms with E-state index in [2.05, 4.69) is 52.3 Å². The van der Waals surface area contributed by atoms with Gasteiger partial charge in [-0.15, -0.1) is 20.4 Å². The van der Waals surface area contributed by atoms with Crippen molar-refractivity contribution in [3.8, 4) is 34.2 Å². The van der Waals surface area contributed by atoms with E-state index in [4.69, 9.17) is 10.2 Å². The molecule has 0 unspecified atom stereocenters. The van der Waals surface area contributed by atoms with Crippen molar-refractivity contribution in [3.05, 3.63) is 231 Å². The fraction of sp³-hybridized carbons (Fsp3) is 0.262. The Morgan fingerprint density at radius 3 is 1.58 bits per heavy atom. The lowest BCUT2D eigenvalue weighted by molar-refractivity contribution is -0.139. The summed E-state index contributed by atoms with van der Waals surface area (Å²) >= 11 is 5.95. The normalized spacial score (nSPS) is 16.0. The van der Waals surface area contributed by atoms with Crippen molar-refractivity contribution in [1.82, 2.24) is 67.7 Å². The van der Waals surface area contributed by atoms with Crippen LogP contribution in [0.3, 0.4) is 0 Å². The zero-order chi connectivity index (χ0) is 63.5. The summed E-state index contributed by atoms with van der Waals surface area (Å²) in [5, 5.41) is 26.8. The Bertz CT molecular complexity index is 4890. The van der Waals surface area contributed by atoms with Gasteiger partial charge in [0.25, 0.3) is 22.9 Å². The van der Waals surface area contributed by atoms with Gasteiger partial charge >= 0.3 is 12.4 Å². The third-order valence-corrected chi connectivity index (χ3v) is 18.9. The highest BCUT2D eigenvalue weighted by Gasteiger charge is 2.39. The maximum Gasteiger partial charge on any atom is 0.417 e. The van der Waals surface area contributed by atoms with E-state index >= 15 is 4.79 Å². The molecule has 18 nitrogen and oxygen atoms in total. The van der Waals surface area contributed by atoms with E-state index in [0.29, 0.717) is 93.3 Å². The van der Waals surface area contributed by atoms with Gasteiger partial charge in [0.05, 0.1) is 65.9 Å². The third kappa shape index (κ3) is 10.7. The van der Waals surface area contributed by atoms with Gasteiger partial charge in [0.15, 0.2) is 11.6 Å². The summed E-state index contributed by atoms with van der Waals surface area (Å²) in [5.41, 5.74) is 5.89. The molecule has 462 valence electrons. The number of rotatable bonds is 12. The number of aryl methyl sites for hydroxylation is 1.